The van der Waals surface area contributed by atoms with Gasteiger partial charge in [0.2, 0.25) is 0 Å². The van der Waals surface area contributed by atoms with E-state index < -0.39 is 0 Å². The maximum absolute atomic E-state index is 9.61. The fourth-order valence-electron chi connectivity index (χ4n) is 1.97. The molecule has 0 aliphatic rings. The summed E-state index contributed by atoms with van der Waals surface area (Å²) in [4.78, 5) is 4.43. The zero-order valence-electron chi connectivity index (χ0n) is 11.2. The average Bonchev–Trinajstić information content (AvgIpc) is 2.97. The maximum atomic E-state index is 9.61. The molecule has 2 aromatic carbocycles. The third-order valence-corrected chi connectivity index (χ3v) is 3.26. The lowest BCUT2D eigenvalue weighted by molar-refractivity contribution is 0.373. The first-order chi connectivity index (χ1) is 10.2. The van der Waals surface area contributed by atoms with Gasteiger partial charge < -0.3 is 9.84 Å². The SMILES string of the molecule is COc1cc(-c2nc(-c3cccc(Cl)c3)n[nH]2)ccc1O. The lowest BCUT2D eigenvalue weighted by atomic mass is 10.2. The van der Waals surface area contributed by atoms with Gasteiger partial charge >= 0.3 is 0 Å². The third kappa shape index (κ3) is 2.68. The Kier molecular flexibility index (Phi) is 3.50. The maximum Gasteiger partial charge on any atom is 0.181 e. The van der Waals surface area contributed by atoms with Crippen molar-refractivity contribution < 1.29 is 9.84 Å². The van der Waals surface area contributed by atoms with Gasteiger partial charge in [-0.3, -0.25) is 5.10 Å². The molecule has 0 saturated heterocycles. The van der Waals surface area contributed by atoms with Crippen LogP contribution in [-0.2, 0) is 0 Å². The molecule has 2 N–H and O–H groups in total. The molecule has 0 saturated carbocycles. The van der Waals surface area contributed by atoms with E-state index in [1.165, 1.54) is 7.11 Å². The van der Waals surface area contributed by atoms with Crippen LogP contribution in [0, 0.1) is 0 Å². The Balaban J connectivity index is 1.98. The smallest absolute Gasteiger partial charge is 0.181 e. The van der Waals surface area contributed by atoms with E-state index in [0.717, 1.165) is 11.1 Å². The Hall–Kier alpha value is -2.53. The number of halogens is 1. The lowest BCUT2D eigenvalue weighted by Crippen LogP contribution is -1.86. The number of rotatable bonds is 3. The van der Waals surface area contributed by atoms with Crippen LogP contribution in [0.15, 0.2) is 42.5 Å². The molecule has 0 radical (unpaired) electrons. The highest BCUT2D eigenvalue weighted by Gasteiger charge is 2.10. The van der Waals surface area contributed by atoms with Crippen LogP contribution in [-0.4, -0.2) is 27.4 Å². The quantitative estimate of drug-likeness (QED) is 0.776. The molecule has 0 aliphatic carbocycles. The summed E-state index contributed by atoms with van der Waals surface area (Å²) in [5.41, 5.74) is 1.60. The number of hydrogen-bond acceptors (Lipinski definition) is 4. The number of aromatic amines is 1. The normalized spacial score (nSPS) is 10.6. The highest BCUT2D eigenvalue weighted by atomic mass is 35.5. The molecule has 0 aliphatic heterocycles. The second kappa shape index (κ2) is 5.46. The minimum absolute atomic E-state index is 0.0795. The Bertz CT molecular complexity index is 786. The number of phenolic OH excluding ortho intramolecular Hbond substituents is 1. The van der Waals surface area contributed by atoms with Gasteiger partial charge in [0.25, 0.3) is 0 Å². The molecule has 0 atom stereocenters. The van der Waals surface area contributed by atoms with E-state index >= 15 is 0 Å². The van der Waals surface area contributed by atoms with Crippen molar-refractivity contribution in [2.24, 2.45) is 0 Å². The van der Waals surface area contributed by atoms with Crippen molar-refractivity contribution in [2.75, 3.05) is 7.11 Å². The first-order valence-electron chi connectivity index (χ1n) is 6.23. The number of nitrogens with one attached hydrogen (secondary N) is 1. The zero-order chi connectivity index (χ0) is 14.8. The summed E-state index contributed by atoms with van der Waals surface area (Å²) in [6, 6.07) is 12.3. The molecule has 1 heterocycles. The van der Waals surface area contributed by atoms with E-state index in [1.54, 1.807) is 30.3 Å². The van der Waals surface area contributed by atoms with Crippen LogP contribution in [0.3, 0.4) is 0 Å². The molecular weight excluding hydrogens is 290 g/mol. The van der Waals surface area contributed by atoms with Crippen LogP contribution in [0.2, 0.25) is 5.02 Å². The molecule has 3 aromatic rings. The van der Waals surface area contributed by atoms with Crippen LogP contribution in [0.25, 0.3) is 22.8 Å². The Morgan fingerprint density at radius 1 is 1.14 bits per heavy atom. The average molecular weight is 302 g/mol. The predicted molar refractivity (Wildman–Crippen MR) is 80.5 cm³/mol. The van der Waals surface area contributed by atoms with Crippen LogP contribution in [0.1, 0.15) is 0 Å². The first kappa shape index (κ1) is 13.5. The molecule has 106 valence electrons. The summed E-state index contributed by atoms with van der Waals surface area (Å²) in [5, 5.41) is 17.3. The monoisotopic (exact) mass is 301 g/mol. The number of methoxy groups -OCH3 is 1. The van der Waals surface area contributed by atoms with E-state index in [4.69, 9.17) is 16.3 Å². The number of aromatic hydroxyl groups is 1. The molecule has 1 aromatic heterocycles. The van der Waals surface area contributed by atoms with Gasteiger partial charge in [0, 0.05) is 16.1 Å². The molecule has 0 spiro atoms. The van der Waals surface area contributed by atoms with Crippen LogP contribution in [0.4, 0.5) is 0 Å². The predicted octanol–water partition coefficient (Wildman–Crippen LogP) is 3.51. The summed E-state index contributed by atoms with van der Waals surface area (Å²) in [6.45, 7) is 0. The number of aromatic nitrogens is 3. The standard InChI is InChI=1S/C15H12ClN3O2/c1-21-13-8-10(5-6-12(13)20)15-17-14(18-19-15)9-3-2-4-11(16)7-9/h2-8,20H,1H3,(H,17,18,19). The number of H-pyrrole nitrogens is 1. The summed E-state index contributed by atoms with van der Waals surface area (Å²) in [6.07, 6.45) is 0. The van der Waals surface area contributed by atoms with Crippen LogP contribution < -0.4 is 4.74 Å². The van der Waals surface area contributed by atoms with Gasteiger partial charge in [-0.2, -0.15) is 5.10 Å². The molecule has 5 nitrogen and oxygen atoms in total. The van der Waals surface area contributed by atoms with Crippen LogP contribution in [0.5, 0.6) is 11.5 Å². The highest BCUT2D eigenvalue weighted by Crippen LogP contribution is 2.30. The third-order valence-electron chi connectivity index (χ3n) is 3.02. The van der Waals surface area contributed by atoms with Crippen molar-refractivity contribution in [1.82, 2.24) is 15.2 Å². The van der Waals surface area contributed by atoms with Crippen molar-refractivity contribution in [2.45, 2.75) is 0 Å². The number of phenols is 1. The van der Waals surface area contributed by atoms with Gasteiger partial charge in [0.15, 0.2) is 23.1 Å². The van der Waals surface area contributed by atoms with Crippen molar-refractivity contribution in [3.05, 3.63) is 47.5 Å². The molecule has 21 heavy (non-hydrogen) atoms. The molecule has 0 bridgehead atoms. The summed E-state index contributed by atoms with van der Waals surface area (Å²) in [7, 11) is 1.50. The van der Waals surface area contributed by atoms with Crippen molar-refractivity contribution >= 4 is 11.6 Å². The largest absolute Gasteiger partial charge is 0.504 e. The molecule has 0 amide bonds. The zero-order valence-corrected chi connectivity index (χ0v) is 11.9. The minimum atomic E-state index is 0.0795. The fourth-order valence-corrected chi connectivity index (χ4v) is 2.16. The van der Waals surface area contributed by atoms with Gasteiger partial charge in [-0.1, -0.05) is 23.7 Å². The molecule has 3 rings (SSSR count). The van der Waals surface area contributed by atoms with Crippen molar-refractivity contribution in [3.8, 4) is 34.3 Å². The van der Waals surface area contributed by atoms with Gasteiger partial charge in [-0.05, 0) is 30.3 Å². The number of nitrogens with zero attached hydrogens (tertiary/aromatic N) is 2. The van der Waals surface area contributed by atoms with E-state index in [1.807, 2.05) is 12.1 Å². The van der Waals surface area contributed by atoms with Gasteiger partial charge in [-0.25, -0.2) is 4.98 Å². The van der Waals surface area contributed by atoms with Gasteiger partial charge in [0.1, 0.15) is 0 Å². The number of hydrogen-bond donors (Lipinski definition) is 2. The fraction of sp³-hybridized carbons (Fsp3) is 0.0667. The van der Waals surface area contributed by atoms with Crippen LogP contribution >= 0.6 is 11.6 Å². The first-order valence-corrected chi connectivity index (χ1v) is 6.61. The van der Waals surface area contributed by atoms with Crippen molar-refractivity contribution in [1.29, 1.82) is 0 Å². The van der Waals surface area contributed by atoms with Crippen molar-refractivity contribution in [3.63, 3.8) is 0 Å². The molecule has 0 fully saturated rings. The second-order valence-electron chi connectivity index (χ2n) is 4.40. The van der Waals surface area contributed by atoms with Gasteiger partial charge in [-0.15, -0.1) is 0 Å². The number of ether oxygens (including phenoxy) is 1. The molecule has 6 heteroatoms. The Morgan fingerprint density at radius 2 is 2.00 bits per heavy atom. The van der Waals surface area contributed by atoms with E-state index in [9.17, 15) is 5.11 Å². The summed E-state index contributed by atoms with van der Waals surface area (Å²) >= 11 is 5.97. The Morgan fingerprint density at radius 3 is 2.76 bits per heavy atom. The second-order valence-corrected chi connectivity index (χ2v) is 4.84. The van der Waals surface area contributed by atoms with Gasteiger partial charge in [0.05, 0.1) is 7.11 Å². The lowest BCUT2D eigenvalue weighted by Gasteiger charge is -2.04. The molecule has 0 unspecified atom stereocenters. The highest BCUT2D eigenvalue weighted by molar-refractivity contribution is 6.30. The van der Waals surface area contributed by atoms with E-state index in [-0.39, 0.29) is 5.75 Å². The summed E-state index contributed by atoms with van der Waals surface area (Å²) < 4.78 is 5.08. The van der Waals surface area contributed by atoms with E-state index in [0.29, 0.717) is 22.4 Å². The number of benzene rings is 2. The van der Waals surface area contributed by atoms with E-state index in [2.05, 4.69) is 15.2 Å². The minimum Gasteiger partial charge on any atom is -0.504 e. The summed E-state index contributed by atoms with van der Waals surface area (Å²) in [5.74, 6) is 1.60. The topological polar surface area (TPSA) is 71.0 Å². The molecular formula is C15H12ClN3O2. The Labute approximate surface area is 126 Å².